The molecule has 0 radical (unpaired) electrons. The van der Waals surface area contributed by atoms with Crippen molar-refractivity contribution in [1.29, 1.82) is 0 Å². The van der Waals surface area contributed by atoms with Gasteiger partial charge in [-0.1, -0.05) is 48.4 Å². The lowest BCUT2D eigenvalue weighted by atomic mass is 10.0. The van der Waals surface area contributed by atoms with Crippen LogP contribution in [0.5, 0.6) is 0 Å². The summed E-state index contributed by atoms with van der Waals surface area (Å²) in [6.45, 7) is 1.81. The molecule has 5 nitrogen and oxygen atoms in total. The Kier molecular flexibility index (Phi) is 5.41. The number of hydrazone groups is 1. The molecule has 27 heavy (non-hydrogen) atoms. The molecule has 2 heterocycles. The van der Waals surface area contributed by atoms with Gasteiger partial charge in [0.25, 0.3) is 5.91 Å². The van der Waals surface area contributed by atoms with Crippen molar-refractivity contribution in [1.82, 2.24) is 10.4 Å². The molecule has 1 saturated heterocycles. The van der Waals surface area contributed by atoms with Gasteiger partial charge in [0.2, 0.25) is 0 Å². The molecule has 4 rings (SSSR count). The second-order valence-electron chi connectivity index (χ2n) is 6.99. The number of halogens is 1. The van der Waals surface area contributed by atoms with Crippen molar-refractivity contribution in [2.75, 3.05) is 18.1 Å². The lowest BCUT2D eigenvalue weighted by Gasteiger charge is -2.26. The smallest absolute Gasteiger partial charge is 0.281 e. The Bertz CT molecular complexity index is 816. The zero-order valence-electron chi connectivity index (χ0n) is 15.1. The summed E-state index contributed by atoms with van der Waals surface area (Å²) < 4.78 is 0. The summed E-state index contributed by atoms with van der Waals surface area (Å²) in [4.78, 5) is 12.8. The molecule has 1 fully saturated rings. The number of anilines is 1. The monoisotopic (exact) mass is 382 g/mol. The van der Waals surface area contributed by atoms with Crippen LogP contribution in [0.25, 0.3) is 0 Å². The zero-order valence-corrected chi connectivity index (χ0v) is 15.9. The van der Waals surface area contributed by atoms with Crippen LogP contribution in [0.15, 0.2) is 59.7 Å². The lowest BCUT2D eigenvalue weighted by Crippen LogP contribution is -2.47. The van der Waals surface area contributed by atoms with Crippen molar-refractivity contribution >= 4 is 28.9 Å². The van der Waals surface area contributed by atoms with Crippen molar-refractivity contribution in [2.45, 2.75) is 31.7 Å². The molecule has 2 aromatic carbocycles. The molecule has 0 bridgehead atoms. The van der Waals surface area contributed by atoms with E-state index >= 15 is 0 Å². The molecule has 140 valence electrons. The van der Waals surface area contributed by atoms with E-state index < -0.39 is 0 Å². The molecule has 2 aromatic rings. The highest BCUT2D eigenvalue weighted by Crippen LogP contribution is 2.35. The molecule has 0 aromatic heterocycles. The Morgan fingerprint density at radius 1 is 1.00 bits per heavy atom. The van der Waals surface area contributed by atoms with Gasteiger partial charge in [0.1, 0.15) is 5.71 Å². The molecular weight excluding hydrogens is 360 g/mol. The van der Waals surface area contributed by atoms with Crippen LogP contribution in [-0.2, 0) is 4.79 Å². The van der Waals surface area contributed by atoms with Crippen LogP contribution in [0.4, 0.5) is 5.69 Å². The number of nitrogens with zero attached hydrogens (tertiary/aromatic N) is 3. The summed E-state index contributed by atoms with van der Waals surface area (Å²) >= 11 is 6.04. The molecular formula is C21H23ClN4O. The molecule has 6 heteroatoms. The second kappa shape index (κ2) is 8.11. The standard InChI is InChI=1S/C21H23ClN4O/c22-17-9-11-18(12-10-17)26-20(16-7-3-1-4-8-16)15-19(23-26)21(27)24-25-13-5-2-6-14-25/h1,3-4,7-12,20H,2,5-6,13-15H2,(H,24,27). The summed E-state index contributed by atoms with van der Waals surface area (Å²) in [5.74, 6) is -0.103. The van der Waals surface area contributed by atoms with Crippen LogP contribution in [-0.4, -0.2) is 29.7 Å². The van der Waals surface area contributed by atoms with Crippen molar-refractivity contribution in [3.8, 4) is 0 Å². The first-order chi connectivity index (χ1) is 13.2. The number of carbonyl (C=O) groups is 1. The van der Waals surface area contributed by atoms with Crippen LogP contribution in [0.2, 0.25) is 5.02 Å². The largest absolute Gasteiger partial charge is 0.284 e. The number of rotatable bonds is 4. The fraction of sp³-hybridized carbons (Fsp3) is 0.333. The van der Waals surface area contributed by atoms with E-state index in [-0.39, 0.29) is 11.9 Å². The topological polar surface area (TPSA) is 47.9 Å². The number of piperidine rings is 1. The number of nitrogens with one attached hydrogen (secondary N) is 1. The van der Waals surface area contributed by atoms with Crippen LogP contribution >= 0.6 is 11.6 Å². The van der Waals surface area contributed by atoms with Gasteiger partial charge in [-0.05, 0) is 42.7 Å². The fourth-order valence-corrected chi connectivity index (χ4v) is 3.75. The summed E-state index contributed by atoms with van der Waals surface area (Å²) in [7, 11) is 0. The lowest BCUT2D eigenvalue weighted by molar-refractivity contribution is -0.119. The van der Waals surface area contributed by atoms with Gasteiger partial charge >= 0.3 is 0 Å². The number of benzene rings is 2. The Morgan fingerprint density at radius 2 is 1.70 bits per heavy atom. The van der Waals surface area contributed by atoms with Gasteiger partial charge in [-0.3, -0.25) is 15.2 Å². The maximum Gasteiger partial charge on any atom is 0.281 e. The minimum atomic E-state index is -0.103. The maximum atomic E-state index is 12.8. The minimum absolute atomic E-state index is 0.00511. The van der Waals surface area contributed by atoms with Gasteiger partial charge in [-0.15, -0.1) is 0 Å². The quantitative estimate of drug-likeness (QED) is 0.863. The number of hydrogen-bond donors (Lipinski definition) is 1. The summed E-state index contributed by atoms with van der Waals surface area (Å²) in [6, 6.07) is 17.7. The predicted octanol–water partition coefficient (Wildman–Crippen LogP) is 4.16. The second-order valence-corrected chi connectivity index (χ2v) is 7.42. The molecule has 1 atom stereocenters. The van der Waals surface area contributed by atoms with E-state index in [2.05, 4.69) is 22.7 Å². The number of hydrogen-bond acceptors (Lipinski definition) is 4. The predicted molar refractivity (Wildman–Crippen MR) is 109 cm³/mol. The zero-order chi connectivity index (χ0) is 18.6. The van der Waals surface area contributed by atoms with E-state index in [1.807, 2.05) is 52.5 Å². The molecule has 0 spiro atoms. The summed E-state index contributed by atoms with van der Waals surface area (Å²) in [5.41, 5.74) is 5.65. The number of carbonyl (C=O) groups excluding carboxylic acids is 1. The van der Waals surface area contributed by atoms with Crippen LogP contribution in [0.1, 0.15) is 37.3 Å². The molecule has 1 amide bonds. The van der Waals surface area contributed by atoms with E-state index in [0.29, 0.717) is 17.2 Å². The van der Waals surface area contributed by atoms with Crippen molar-refractivity contribution in [3.63, 3.8) is 0 Å². The Balaban J connectivity index is 1.58. The van der Waals surface area contributed by atoms with Crippen LogP contribution in [0, 0.1) is 0 Å². The van der Waals surface area contributed by atoms with Crippen LogP contribution < -0.4 is 10.4 Å². The summed E-state index contributed by atoms with van der Waals surface area (Å²) in [6.07, 6.45) is 4.05. The highest BCUT2D eigenvalue weighted by molar-refractivity contribution is 6.39. The van der Waals surface area contributed by atoms with E-state index in [1.165, 1.54) is 6.42 Å². The number of amides is 1. The van der Waals surface area contributed by atoms with E-state index in [1.54, 1.807) is 0 Å². The van der Waals surface area contributed by atoms with E-state index in [4.69, 9.17) is 11.6 Å². The van der Waals surface area contributed by atoms with Gasteiger partial charge in [-0.2, -0.15) is 5.10 Å². The third-order valence-electron chi connectivity index (χ3n) is 5.06. The van der Waals surface area contributed by atoms with Crippen molar-refractivity contribution in [2.24, 2.45) is 5.10 Å². The molecule has 1 unspecified atom stereocenters. The van der Waals surface area contributed by atoms with Gasteiger partial charge in [0.05, 0.1) is 11.7 Å². The minimum Gasteiger partial charge on any atom is -0.284 e. The average molecular weight is 383 g/mol. The Morgan fingerprint density at radius 3 is 2.41 bits per heavy atom. The van der Waals surface area contributed by atoms with Gasteiger partial charge < -0.3 is 0 Å². The fourth-order valence-electron chi connectivity index (χ4n) is 3.63. The normalized spacial score (nSPS) is 20.4. The highest BCUT2D eigenvalue weighted by atomic mass is 35.5. The van der Waals surface area contributed by atoms with E-state index in [0.717, 1.165) is 37.2 Å². The molecule has 0 aliphatic carbocycles. The maximum absolute atomic E-state index is 12.8. The van der Waals surface area contributed by atoms with E-state index in [9.17, 15) is 4.79 Å². The average Bonchev–Trinajstić information content (AvgIpc) is 3.16. The third-order valence-corrected chi connectivity index (χ3v) is 5.32. The van der Waals surface area contributed by atoms with Crippen molar-refractivity contribution in [3.05, 3.63) is 65.2 Å². The van der Waals surface area contributed by atoms with Gasteiger partial charge in [-0.25, -0.2) is 5.01 Å². The Hall–Kier alpha value is -2.37. The molecule has 0 saturated carbocycles. The summed E-state index contributed by atoms with van der Waals surface area (Å²) in [5, 5.41) is 9.30. The van der Waals surface area contributed by atoms with Crippen molar-refractivity contribution < 1.29 is 4.79 Å². The van der Waals surface area contributed by atoms with Gasteiger partial charge in [0.15, 0.2) is 0 Å². The first-order valence-electron chi connectivity index (χ1n) is 9.44. The molecule has 1 N–H and O–H groups in total. The highest BCUT2D eigenvalue weighted by Gasteiger charge is 2.33. The first kappa shape index (κ1) is 18.0. The van der Waals surface area contributed by atoms with Gasteiger partial charge in [0, 0.05) is 24.5 Å². The van der Waals surface area contributed by atoms with Crippen LogP contribution in [0.3, 0.4) is 0 Å². The molecule has 2 aliphatic rings. The SMILES string of the molecule is O=C(NN1CCCCC1)C1=NN(c2ccc(Cl)cc2)C(c2ccccc2)C1. The molecule has 2 aliphatic heterocycles. The third kappa shape index (κ3) is 4.15. The first-order valence-corrected chi connectivity index (χ1v) is 9.82. The number of hydrazine groups is 1. The Labute approximate surface area is 164 Å².